The van der Waals surface area contributed by atoms with Crippen LogP contribution in [0.1, 0.15) is 39.0 Å². The maximum atomic E-state index is 11.6. The van der Waals surface area contributed by atoms with Gasteiger partial charge in [0.05, 0.1) is 6.54 Å². The molecule has 1 rings (SSSR count). The van der Waals surface area contributed by atoms with Gasteiger partial charge in [0, 0.05) is 12.1 Å². The van der Waals surface area contributed by atoms with E-state index in [-0.39, 0.29) is 11.4 Å². The van der Waals surface area contributed by atoms with Crippen molar-refractivity contribution in [3.8, 4) is 0 Å². The molecular formula is C12H22N2O. The molecule has 1 aliphatic rings. The van der Waals surface area contributed by atoms with Crippen molar-refractivity contribution in [3.05, 3.63) is 12.7 Å². The fourth-order valence-corrected chi connectivity index (χ4v) is 2.13. The molecule has 0 aromatic rings. The summed E-state index contributed by atoms with van der Waals surface area (Å²) in [4.78, 5) is 11.6. The van der Waals surface area contributed by atoms with Gasteiger partial charge in [-0.1, -0.05) is 25.3 Å². The lowest BCUT2D eigenvalue weighted by molar-refractivity contribution is -0.122. The summed E-state index contributed by atoms with van der Waals surface area (Å²) in [5.41, 5.74) is 0.0329. The second kappa shape index (κ2) is 5.91. The summed E-state index contributed by atoms with van der Waals surface area (Å²) in [5.74, 6) is 0.0984. The van der Waals surface area contributed by atoms with Gasteiger partial charge in [-0.15, -0.1) is 6.58 Å². The van der Waals surface area contributed by atoms with Crippen molar-refractivity contribution >= 4 is 5.91 Å². The molecule has 3 heteroatoms. The summed E-state index contributed by atoms with van der Waals surface area (Å²) in [7, 11) is 0. The lowest BCUT2D eigenvalue weighted by Crippen LogP contribution is -2.49. The number of amides is 1. The zero-order valence-corrected chi connectivity index (χ0v) is 9.64. The number of carbonyl (C=O) groups excluding carboxylic acids is 1. The molecule has 1 fully saturated rings. The third-order valence-corrected chi connectivity index (χ3v) is 2.97. The Morgan fingerprint density at radius 3 is 2.67 bits per heavy atom. The van der Waals surface area contributed by atoms with Gasteiger partial charge in [-0.3, -0.25) is 4.79 Å². The highest BCUT2D eigenvalue weighted by molar-refractivity contribution is 5.78. The molecule has 0 spiro atoms. The van der Waals surface area contributed by atoms with Crippen LogP contribution in [0, 0.1) is 0 Å². The largest absolute Gasteiger partial charge is 0.350 e. The van der Waals surface area contributed by atoms with Crippen molar-refractivity contribution in [1.29, 1.82) is 0 Å². The Bertz CT molecular complexity index is 220. The van der Waals surface area contributed by atoms with E-state index in [2.05, 4.69) is 24.1 Å². The van der Waals surface area contributed by atoms with Crippen LogP contribution in [0.5, 0.6) is 0 Å². The Balaban J connectivity index is 2.26. The molecule has 3 nitrogen and oxygen atoms in total. The van der Waals surface area contributed by atoms with Gasteiger partial charge in [0.25, 0.3) is 0 Å². The lowest BCUT2D eigenvalue weighted by atomic mass is 9.83. The van der Waals surface area contributed by atoms with E-state index in [0.717, 1.165) is 12.8 Å². The Morgan fingerprint density at radius 1 is 1.40 bits per heavy atom. The van der Waals surface area contributed by atoms with Crippen molar-refractivity contribution < 1.29 is 4.79 Å². The molecule has 0 unspecified atom stereocenters. The van der Waals surface area contributed by atoms with Crippen molar-refractivity contribution in [3.63, 3.8) is 0 Å². The molecule has 1 aliphatic carbocycles. The van der Waals surface area contributed by atoms with Crippen LogP contribution >= 0.6 is 0 Å². The number of carbonyl (C=O) groups is 1. The van der Waals surface area contributed by atoms with Crippen LogP contribution in [-0.4, -0.2) is 24.5 Å². The summed E-state index contributed by atoms with van der Waals surface area (Å²) >= 11 is 0. The first-order valence-corrected chi connectivity index (χ1v) is 5.79. The molecule has 0 saturated heterocycles. The normalized spacial score (nSPS) is 19.5. The second-order valence-corrected chi connectivity index (χ2v) is 4.59. The number of hydrogen-bond acceptors (Lipinski definition) is 2. The van der Waals surface area contributed by atoms with E-state index in [1.54, 1.807) is 6.08 Å². The molecule has 2 N–H and O–H groups in total. The molecule has 1 amide bonds. The van der Waals surface area contributed by atoms with E-state index in [1.165, 1.54) is 19.3 Å². The standard InChI is InChI=1S/C12H22N2O/c1-3-9-13-10-11(15)14-12(2)7-5-4-6-8-12/h3,13H,1,4-10H2,2H3,(H,14,15). The molecule has 0 aromatic carbocycles. The maximum absolute atomic E-state index is 11.6. The average molecular weight is 210 g/mol. The smallest absolute Gasteiger partial charge is 0.234 e. The van der Waals surface area contributed by atoms with Crippen LogP contribution in [-0.2, 0) is 4.79 Å². The highest BCUT2D eigenvalue weighted by Crippen LogP contribution is 2.27. The summed E-state index contributed by atoms with van der Waals surface area (Å²) in [6, 6.07) is 0. The average Bonchev–Trinajstić information content (AvgIpc) is 2.18. The number of hydrogen-bond donors (Lipinski definition) is 2. The first kappa shape index (κ1) is 12.2. The zero-order valence-electron chi connectivity index (χ0n) is 9.64. The minimum Gasteiger partial charge on any atom is -0.350 e. The molecule has 0 atom stereocenters. The molecule has 86 valence electrons. The van der Waals surface area contributed by atoms with Crippen LogP contribution in [0.2, 0.25) is 0 Å². The molecule has 0 aromatic heterocycles. The lowest BCUT2D eigenvalue weighted by Gasteiger charge is -2.34. The van der Waals surface area contributed by atoms with Crippen molar-refractivity contribution in [2.75, 3.05) is 13.1 Å². The van der Waals surface area contributed by atoms with E-state index in [4.69, 9.17) is 0 Å². The van der Waals surface area contributed by atoms with Gasteiger partial charge in [0.1, 0.15) is 0 Å². The summed E-state index contributed by atoms with van der Waals surface area (Å²) in [6.45, 7) is 6.82. The summed E-state index contributed by atoms with van der Waals surface area (Å²) in [5, 5.41) is 6.13. The highest BCUT2D eigenvalue weighted by atomic mass is 16.2. The van der Waals surface area contributed by atoms with E-state index >= 15 is 0 Å². The highest BCUT2D eigenvalue weighted by Gasteiger charge is 2.27. The Labute approximate surface area is 92.3 Å². The van der Waals surface area contributed by atoms with Crippen molar-refractivity contribution in [1.82, 2.24) is 10.6 Å². The minimum absolute atomic E-state index is 0.0329. The topological polar surface area (TPSA) is 41.1 Å². The number of nitrogens with one attached hydrogen (secondary N) is 2. The zero-order chi connectivity index (χ0) is 11.1. The van der Waals surface area contributed by atoms with Gasteiger partial charge in [-0.05, 0) is 19.8 Å². The van der Waals surface area contributed by atoms with E-state index in [9.17, 15) is 4.79 Å². The summed E-state index contributed by atoms with van der Waals surface area (Å²) in [6.07, 6.45) is 7.75. The predicted molar refractivity (Wildman–Crippen MR) is 62.7 cm³/mol. The van der Waals surface area contributed by atoms with E-state index < -0.39 is 0 Å². The van der Waals surface area contributed by atoms with Gasteiger partial charge >= 0.3 is 0 Å². The van der Waals surface area contributed by atoms with Crippen LogP contribution in [0.3, 0.4) is 0 Å². The third-order valence-electron chi connectivity index (χ3n) is 2.97. The van der Waals surface area contributed by atoms with Gasteiger partial charge in [-0.2, -0.15) is 0 Å². The first-order chi connectivity index (χ1) is 7.16. The van der Waals surface area contributed by atoms with Gasteiger partial charge in [-0.25, -0.2) is 0 Å². The van der Waals surface area contributed by atoms with Crippen LogP contribution in [0.25, 0.3) is 0 Å². The molecule has 0 bridgehead atoms. The van der Waals surface area contributed by atoms with Gasteiger partial charge < -0.3 is 10.6 Å². The predicted octanol–water partition coefficient (Wildman–Crippen LogP) is 1.60. The Hall–Kier alpha value is -0.830. The van der Waals surface area contributed by atoms with E-state index in [1.807, 2.05) is 0 Å². The van der Waals surface area contributed by atoms with Gasteiger partial charge in [0.15, 0.2) is 0 Å². The quantitative estimate of drug-likeness (QED) is 0.534. The van der Waals surface area contributed by atoms with Crippen molar-refractivity contribution in [2.45, 2.75) is 44.6 Å². The molecule has 0 aliphatic heterocycles. The maximum Gasteiger partial charge on any atom is 0.234 e. The fraction of sp³-hybridized carbons (Fsp3) is 0.750. The minimum atomic E-state index is 0.0329. The van der Waals surface area contributed by atoms with Crippen molar-refractivity contribution in [2.24, 2.45) is 0 Å². The van der Waals surface area contributed by atoms with E-state index in [0.29, 0.717) is 13.1 Å². The molecule has 0 heterocycles. The van der Waals surface area contributed by atoms with Crippen LogP contribution in [0.15, 0.2) is 12.7 Å². The monoisotopic (exact) mass is 210 g/mol. The van der Waals surface area contributed by atoms with Gasteiger partial charge in [0.2, 0.25) is 5.91 Å². The molecule has 15 heavy (non-hydrogen) atoms. The van der Waals surface area contributed by atoms with Crippen LogP contribution < -0.4 is 10.6 Å². The second-order valence-electron chi connectivity index (χ2n) is 4.59. The third kappa shape index (κ3) is 4.47. The summed E-state index contributed by atoms with van der Waals surface area (Å²) < 4.78 is 0. The fourth-order valence-electron chi connectivity index (χ4n) is 2.13. The molecular weight excluding hydrogens is 188 g/mol. The Kier molecular flexibility index (Phi) is 4.82. The Morgan fingerprint density at radius 2 is 2.07 bits per heavy atom. The molecule has 1 saturated carbocycles. The van der Waals surface area contributed by atoms with Crippen LogP contribution in [0.4, 0.5) is 0 Å². The first-order valence-electron chi connectivity index (χ1n) is 5.79. The SMILES string of the molecule is C=CCNCC(=O)NC1(C)CCCCC1. The molecule has 0 radical (unpaired) electrons. The number of rotatable bonds is 5.